The number of rotatable bonds is 4. The van der Waals surface area contributed by atoms with E-state index in [1.807, 2.05) is 24.4 Å². The van der Waals surface area contributed by atoms with Crippen LogP contribution in [-0.4, -0.2) is 45.5 Å². The van der Waals surface area contributed by atoms with Gasteiger partial charge in [-0.1, -0.05) is 12.1 Å². The van der Waals surface area contributed by atoms with Crippen molar-refractivity contribution in [2.24, 2.45) is 5.92 Å². The fourth-order valence-electron chi connectivity index (χ4n) is 4.71. The molecule has 0 aliphatic carbocycles. The molecular formula is C27H29F6N2O4S+. The SMILES string of the molecule is CC(C)(C1CCN(c2cccc3[nH+]cccc23)CC1)S(=O)(=O)c1cccc(C(F)(F)F)c1.COC(=O)C(F)(F)F. The molecule has 1 aliphatic heterocycles. The second-order valence-electron chi connectivity index (χ2n) is 9.79. The molecule has 0 amide bonds. The third kappa shape index (κ3) is 6.68. The van der Waals surface area contributed by atoms with E-state index in [2.05, 4.69) is 26.8 Å². The number of anilines is 1. The van der Waals surface area contributed by atoms with Crippen molar-refractivity contribution in [1.29, 1.82) is 0 Å². The average Bonchev–Trinajstić information content (AvgIpc) is 2.91. The smallest absolute Gasteiger partial charge is 0.462 e. The van der Waals surface area contributed by atoms with Gasteiger partial charge in [0.2, 0.25) is 5.52 Å². The van der Waals surface area contributed by atoms with E-state index >= 15 is 0 Å². The summed E-state index contributed by atoms with van der Waals surface area (Å²) < 4.78 is 101. The van der Waals surface area contributed by atoms with E-state index in [4.69, 9.17) is 0 Å². The lowest BCUT2D eigenvalue weighted by molar-refractivity contribution is -0.344. The number of nitrogens with zero attached hydrogens (tertiary/aromatic N) is 1. The lowest BCUT2D eigenvalue weighted by Gasteiger charge is -2.41. The Hall–Kier alpha value is -3.35. The van der Waals surface area contributed by atoms with Crippen LogP contribution in [0.25, 0.3) is 10.9 Å². The highest BCUT2D eigenvalue weighted by molar-refractivity contribution is 7.92. The molecular weight excluding hydrogens is 562 g/mol. The van der Waals surface area contributed by atoms with Gasteiger partial charge in [0.1, 0.15) is 0 Å². The van der Waals surface area contributed by atoms with Crippen LogP contribution in [0, 0.1) is 5.92 Å². The van der Waals surface area contributed by atoms with Gasteiger partial charge in [0.05, 0.1) is 33.4 Å². The predicted octanol–water partition coefficient (Wildman–Crippen LogP) is 5.86. The number of H-pyrrole nitrogens is 1. The molecule has 6 nitrogen and oxygen atoms in total. The van der Waals surface area contributed by atoms with Gasteiger partial charge in [-0.2, -0.15) is 26.3 Å². The Morgan fingerprint density at radius 1 is 0.950 bits per heavy atom. The number of aromatic nitrogens is 1. The van der Waals surface area contributed by atoms with E-state index in [0.29, 0.717) is 33.0 Å². The molecule has 2 aromatic carbocycles. The molecule has 40 heavy (non-hydrogen) atoms. The summed E-state index contributed by atoms with van der Waals surface area (Å²) >= 11 is 0. The fourth-order valence-corrected chi connectivity index (χ4v) is 6.53. The molecule has 4 rings (SSSR count). The van der Waals surface area contributed by atoms with Crippen LogP contribution in [0.5, 0.6) is 0 Å². The standard InChI is InChI=1S/C24H25F3N2O2S.C3H3F3O2/c1-23(2,32(30,31)19-7-3-6-18(16-19)24(25,26)27)17-11-14-29(15-12-17)22-10-4-9-21-20(22)8-5-13-28-21;1-8-2(7)3(4,5)6/h3-10,13,16-17H,11-12,14-15H2,1-2H3;1H3/p+1. The maximum Gasteiger partial charge on any atom is 0.490 e. The lowest BCUT2D eigenvalue weighted by atomic mass is 9.85. The van der Waals surface area contributed by atoms with Gasteiger partial charge < -0.3 is 9.64 Å². The number of halogens is 6. The molecule has 1 fully saturated rings. The third-order valence-corrected chi connectivity index (χ3v) is 9.67. The molecule has 0 saturated carbocycles. The molecule has 13 heteroatoms. The van der Waals surface area contributed by atoms with Gasteiger partial charge in [-0.25, -0.2) is 18.2 Å². The van der Waals surface area contributed by atoms with Crippen molar-refractivity contribution < 1.29 is 49.3 Å². The summed E-state index contributed by atoms with van der Waals surface area (Å²) in [6.07, 6.45) is -6.29. The van der Waals surface area contributed by atoms with E-state index in [-0.39, 0.29) is 10.8 Å². The highest BCUT2D eigenvalue weighted by atomic mass is 32.2. The number of aromatic amines is 1. The maximum atomic E-state index is 13.4. The zero-order valence-corrected chi connectivity index (χ0v) is 22.8. The van der Waals surface area contributed by atoms with Crippen molar-refractivity contribution in [3.63, 3.8) is 0 Å². The van der Waals surface area contributed by atoms with Crippen LogP contribution in [0.4, 0.5) is 32.0 Å². The Morgan fingerprint density at radius 3 is 2.12 bits per heavy atom. The van der Waals surface area contributed by atoms with Crippen LogP contribution in [-0.2, 0) is 25.5 Å². The minimum absolute atomic E-state index is 0.167. The highest BCUT2D eigenvalue weighted by Gasteiger charge is 2.44. The number of methoxy groups -OCH3 is 1. The van der Waals surface area contributed by atoms with Crippen LogP contribution >= 0.6 is 0 Å². The Balaban J connectivity index is 0.000000482. The number of alkyl halides is 6. The first kappa shape index (κ1) is 31.2. The van der Waals surface area contributed by atoms with Crippen LogP contribution < -0.4 is 9.88 Å². The van der Waals surface area contributed by atoms with Gasteiger partial charge in [-0.3, -0.25) is 0 Å². The molecule has 1 saturated heterocycles. The number of fused-ring (bicyclic) bond motifs is 1. The summed E-state index contributed by atoms with van der Waals surface area (Å²) in [5.41, 5.74) is 1.17. The van der Waals surface area contributed by atoms with Crippen molar-refractivity contribution in [3.05, 3.63) is 66.4 Å². The van der Waals surface area contributed by atoms with E-state index in [1.54, 1.807) is 13.8 Å². The number of carbonyl (C=O) groups excluding carboxylic acids is 1. The second-order valence-corrected chi connectivity index (χ2v) is 12.3. The molecule has 218 valence electrons. The fraction of sp³-hybridized carbons (Fsp3) is 0.407. The first-order chi connectivity index (χ1) is 18.5. The number of pyridine rings is 1. The summed E-state index contributed by atoms with van der Waals surface area (Å²) in [5, 5.41) is 1.10. The van der Waals surface area contributed by atoms with Gasteiger partial charge in [0.25, 0.3) is 0 Å². The zero-order chi connectivity index (χ0) is 29.9. The number of esters is 1. The maximum absolute atomic E-state index is 13.4. The summed E-state index contributed by atoms with van der Waals surface area (Å²) in [7, 11) is -3.28. The molecule has 0 radical (unpaired) electrons. The summed E-state index contributed by atoms with van der Waals surface area (Å²) in [6.45, 7) is 4.63. The van der Waals surface area contributed by atoms with Crippen LogP contribution in [0.2, 0.25) is 0 Å². The van der Waals surface area contributed by atoms with E-state index in [9.17, 15) is 39.6 Å². The Kier molecular flexibility index (Phi) is 9.07. The minimum Gasteiger partial charge on any atom is -0.462 e. The normalized spacial score (nSPS) is 15.4. The number of carbonyl (C=O) groups is 1. The van der Waals surface area contributed by atoms with Crippen molar-refractivity contribution >= 4 is 32.4 Å². The number of ether oxygens (including phenoxy) is 1. The number of sulfone groups is 1. The topological polar surface area (TPSA) is 77.8 Å². The number of benzene rings is 2. The third-order valence-electron chi connectivity index (χ3n) is 7.08. The van der Waals surface area contributed by atoms with Crippen LogP contribution in [0.1, 0.15) is 32.3 Å². The van der Waals surface area contributed by atoms with Gasteiger partial charge in [-0.15, -0.1) is 0 Å². The minimum atomic E-state index is -4.85. The molecule has 0 bridgehead atoms. The average molecular weight is 592 g/mol. The molecule has 0 spiro atoms. The highest BCUT2D eigenvalue weighted by Crippen LogP contribution is 2.40. The Bertz CT molecular complexity index is 1440. The first-order valence-electron chi connectivity index (χ1n) is 12.2. The molecule has 1 aromatic heterocycles. The molecule has 2 heterocycles. The molecule has 3 aromatic rings. The molecule has 1 N–H and O–H groups in total. The molecule has 1 aliphatic rings. The van der Waals surface area contributed by atoms with Gasteiger partial charge in [0.15, 0.2) is 16.0 Å². The Morgan fingerprint density at radius 2 is 1.57 bits per heavy atom. The first-order valence-corrected chi connectivity index (χ1v) is 13.7. The monoisotopic (exact) mass is 591 g/mol. The lowest BCUT2D eigenvalue weighted by Crippen LogP contribution is -2.46. The van der Waals surface area contributed by atoms with Gasteiger partial charge in [0, 0.05) is 25.2 Å². The number of piperidine rings is 1. The van der Waals surface area contributed by atoms with Crippen molar-refractivity contribution in [2.45, 2.75) is 48.7 Å². The summed E-state index contributed by atoms with van der Waals surface area (Å²) in [4.78, 5) is 14.7. The van der Waals surface area contributed by atoms with E-state index < -0.39 is 38.5 Å². The van der Waals surface area contributed by atoms with Crippen LogP contribution in [0.3, 0.4) is 0 Å². The van der Waals surface area contributed by atoms with E-state index in [0.717, 1.165) is 34.8 Å². The number of hydrogen-bond acceptors (Lipinski definition) is 5. The largest absolute Gasteiger partial charge is 0.490 e. The van der Waals surface area contributed by atoms with Gasteiger partial charge >= 0.3 is 18.3 Å². The van der Waals surface area contributed by atoms with Crippen molar-refractivity contribution in [2.75, 3.05) is 25.1 Å². The second kappa shape index (κ2) is 11.6. The summed E-state index contributed by atoms with van der Waals surface area (Å²) in [5.74, 6) is -2.34. The van der Waals surface area contributed by atoms with Crippen molar-refractivity contribution in [3.8, 4) is 0 Å². The molecule has 0 unspecified atom stereocenters. The molecule has 0 atom stereocenters. The van der Waals surface area contributed by atoms with E-state index in [1.165, 1.54) is 6.07 Å². The van der Waals surface area contributed by atoms with Crippen LogP contribution in [0.15, 0.2) is 65.7 Å². The Labute approximate surface area is 227 Å². The van der Waals surface area contributed by atoms with Crippen molar-refractivity contribution in [1.82, 2.24) is 0 Å². The zero-order valence-electron chi connectivity index (χ0n) is 21.9. The predicted molar refractivity (Wildman–Crippen MR) is 136 cm³/mol. The summed E-state index contributed by atoms with van der Waals surface area (Å²) in [6, 6.07) is 14.1. The van der Waals surface area contributed by atoms with Gasteiger partial charge in [-0.05, 0) is 62.9 Å². The number of hydrogen-bond donors (Lipinski definition) is 0. The number of nitrogens with one attached hydrogen (secondary N) is 1. The quantitative estimate of drug-likeness (QED) is 0.281.